The number of anilines is 2. The van der Waals surface area contributed by atoms with Gasteiger partial charge in [-0.3, -0.25) is 4.98 Å². The number of carboxylic acids is 1. The predicted molar refractivity (Wildman–Crippen MR) is 73.0 cm³/mol. The van der Waals surface area contributed by atoms with Crippen LogP contribution in [0.1, 0.15) is 10.4 Å². The zero-order chi connectivity index (χ0) is 14.8. The number of pyridine rings is 1. The first-order valence-electron chi connectivity index (χ1n) is 5.95. The van der Waals surface area contributed by atoms with Crippen molar-refractivity contribution in [2.45, 2.75) is 0 Å². The van der Waals surface area contributed by atoms with Gasteiger partial charge in [-0.25, -0.2) is 9.78 Å². The van der Waals surface area contributed by atoms with Gasteiger partial charge in [0.15, 0.2) is 0 Å². The second kappa shape index (κ2) is 5.00. The number of benzene rings is 1. The lowest BCUT2D eigenvalue weighted by Crippen LogP contribution is -2.33. The van der Waals surface area contributed by atoms with E-state index in [9.17, 15) is 10.0 Å². The van der Waals surface area contributed by atoms with E-state index in [2.05, 4.69) is 20.4 Å². The molecule has 0 aliphatic carbocycles. The molecular formula is C13H9N5O3. The highest BCUT2D eigenvalue weighted by molar-refractivity contribution is 5.91. The molecule has 0 saturated heterocycles. The molecule has 2 heterocycles. The molecule has 0 radical (unpaired) electrons. The Kier molecular flexibility index (Phi) is 3.03. The van der Waals surface area contributed by atoms with Crippen LogP contribution in [0.2, 0.25) is 0 Å². The molecule has 3 rings (SSSR count). The van der Waals surface area contributed by atoms with Gasteiger partial charge in [0.05, 0.1) is 22.5 Å². The number of nitrogens with one attached hydrogen (secondary N) is 1. The van der Waals surface area contributed by atoms with E-state index >= 15 is 0 Å². The maximum absolute atomic E-state index is 11.9. The molecule has 0 fully saturated rings. The van der Waals surface area contributed by atoms with Crippen molar-refractivity contribution >= 4 is 28.6 Å². The molecule has 3 aromatic rings. The SMILES string of the molecule is O=C(O)c1ccc2nc(Nc3cccnc3)n[n+]([O-])c2c1. The Balaban J connectivity index is 2.03. The molecule has 8 heteroatoms. The van der Waals surface area contributed by atoms with Crippen molar-refractivity contribution in [1.82, 2.24) is 15.1 Å². The van der Waals surface area contributed by atoms with Crippen LogP contribution in [0.5, 0.6) is 0 Å². The Morgan fingerprint density at radius 1 is 1.33 bits per heavy atom. The Morgan fingerprint density at radius 3 is 2.90 bits per heavy atom. The van der Waals surface area contributed by atoms with E-state index in [-0.39, 0.29) is 17.0 Å². The Hall–Kier alpha value is -3.29. The number of nitrogens with zero attached hydrogens (tertiary/aromatic N) is 4. The molecule has 0 bridgehead atoms. The van der Waals surface area contributed by atoms with Crippen LogP contribution in [0.4, 0.5) is 11.6 Å². The summed E-state index contributed by atoms with van der Waals surface area (Å²) in [7, 11) is 0. The predicted octanol–water partition coefficient (Wildman–Crippen LogP) is 1.10. The lowest BCUT2D eigenvalue weighted by molar-refractivity contribution is -0.641. The molecule has 0 unspecified atom stereocenters. The molecule has 2 N–H and O–H groups in total. The molecule has 0 spiro atoms. The normalized spacial score (nSPS) is 10.5. The molecule has 21 heavy (non-hydrogen) atoms. The van der Waals surface area contributed by atoms with Gasteiger partial charge in [0.1, 0.15) is 5.52 Å². The van der Waals surface area contributed by atoms with Crippen molar-refractivity contribution in [2.75, 3.05) is 5.32 Å². The fourth-order valence-electron chi connectivity index (χ4n) is 1.80. The van der Waals surface area contributed by atoms with Gasteiger partial charge in [0.25, 0.3) is 11.5 Å². The number of aromatic carboxylic acids is 1. The number of fused-ring (bicyclic) bond motifs is 1. The third kappa shape index (κ3) is 2.54. The van der Waals surface area contributed by atoms with Gasteiger partial charge in [-0.05, 0) is 29.1 Å². The molecule has 2 aromatic heterocycles. The van der Waals surface area contributed by atoms with Crippen LogP contribution in [0.3, 0.4) is 0 Å². The van der Waals surface area contributed by atoms with Gasteiger partial charge in [-0.1, -0.05) is 0 Å². The summed E-state index contributed by atoms with van der Waals surface area (Å²) in [5, 5.41) is 27.4. The highest BCUT2D eigenvalue weighted by atomic mass is 16.5. The van der Waals surface area contributed by atoms with Gasteiger partial charge < -0.3 is 15.6 Å². The molecule has 0 amide bonds. The maximum Gasteiger partial charge on any atom is 0.335 e. The number of hydrogen-bond donors (Lipinski definition) is 2. The van der Waals surface area contributed by atoms with Gasteiger partial charge in [0.2, 0.25) is 0 Å². The minimum absolute atomic E-state index is 0.00340. The fraction of sp³-hybridized carbons (Fsp3) is 0. The average Bonchev–Trinajstić information content (AvgIpc) is 2.48. The molecule has 0 saturated carbocycles. The number of carboxylic acid groups (broad SMARTS) is 1. The first-order valence-corrected chi connectivity index (χ1v) is 5.95. The summed E-state index contributed by atoms with van der Waals surface area (Å²) in [6.07, 6.45) is 3.18. The summed E-state index contributed by atoms with van der Waals surface area (Å²) in [5.41, 5.74) is 1.07. The standard InChI is InChI=1S/C13H9N5O3/c19-12(20)8-3-4-10-11(6-8)18(21)17-13(16-10)15-9-2-1-5-14-7-9/h1-7H,(H,19,20)(H,15,16,17). The summed E-state index contributed by atoms with van der Waals surface area (Å²) in [6.45, 7) is 0. The maximum atomic E-state index is 11.9. The number of hydrogen-bond acceptors (Lipinski definition) is 6. The zero-order valence-electron chi connectivity index (χ0n) is 10.6. The number of rotatable bonds is 3. The van der Waals surface area contributed by atoms with Crippen molar-refractivity contribution in [2.24, 2.45) is 0 Å². The lowest BCUT2D eigenvalue weighted by atomic mass is 10.2. The van der Waals surface area contributed by atoms with Crippen LogP contribution in [0.25, 0.3) is 11.0 Å². The van der Waals surface area contributed by atoms with Gasteiger partial charge in [-0.15, -0.1) is 0 Å². The van der Waals surface area contributed by atoms with E-state index in [0.717, 1.165) is 0 Å². The number of aromatic nitrogens is 4. The second-order valence-electron chi connectivity index (χ2n) is 4.18. The summed E-state index contributed by atoms with van der Waals surface area (Å²) < 4.78 is 0. The Morgan fingerprint density at radius 2 is 2.19 bits per heavy atom. The van der Waals surface area contributed by atoms with Crippen LogP contribution < -0.4 is 10.2 Å². The highest BCUT2D eigenvalue weighted by Gasteiger charge is 2.14. The van der Waals surface area contributed by atoms with Crippen LogP contribution in [-0.2, 0) is 0 Å². The minimum Gasteiger partial charge on any atom is -0.594 e. The molecule has 0 aliphatic heterocycles. The minimum atomic E-state index is -1.12. The second-order valence-corrected chi connectivity index (χ2v) is 4.18. The van der Waals surface area contributed by atoms with Gasteiger partial charge >= 0.3 is 5.97 Å². The van der Waals surface area contributed by atoms with Crippen molar-refractivity contribution in [3.8, 4) is 0 Å². The number of carbonyl (C=O) groups is 1. The van der Waals surface area contributed by atoms with Crippen molar-refractivity contribution < 1.29 is 14.7 Å². The van der Waals surface area contributed by atoms with E-state index in [1.165, 1.54) is 18.2 Å². The largest absolute Gasteiger partial charge is 0.594 e. The van der Waals surface area contributed by atoms with Crippen LogP contribution in [0, 0.1) is 5.21 Å². The van der Waals surface area contributed by atoms with Gasteiger partial charge in [-0.2, -0.15) is 0 Å². The summed E-state index contributed by atoms with van der Waals surface area (Å²) in [4.78, 5) is 19.3. The van der Waals surface area contributed by atoms with Crippen LogP contribution >= 0.6 is 0 Å². The van der Waals surface area contributed by atoms with Crippen LogP contribution in [-0.4, -0.2) is 26.1 Å². The zero-order valence-corrected chi connectivity index (χ0v) is 10.6. The highest BCUT2D eigenvalue weighted by Crippen LogP contribution is 2.14. The summed E-state index contributed by atoms with van der Waals surface area (Å²) >= 11 is 0. The first-order chi connectivity index (χ1) is 10.1. The molecule has 0 aliphatic rings. The summed E-state index contributed by atoms with van der Waals surface area (Å²) in [5.74, 6) is -1.01. The van der Waals surface area contributed by atoms with Crippen LogP contribution in [0.15, 0.2) is 42.7 Å². The molecule has 104 valence electrons. The molecule has 1 aromatic carbocycles. The van der Waals surface area contributed by atoms with Crippen molar-refractivity contribution in [1.29, 1.82) is 0 Å². The van der Waals surface area contributed by atoms with E-state index in [4.69, 9.17) is 5.11 Å². The van der Waals surface area contributed by atoms with Crippen molar-refractivity contribution in [3.63, 3.8) is 0 Å². The first kappa shape index (κ1) is 12.7. The van der Waals surface area contributed by atoms with Crippen molar-refractivity contribution in [3.05, 3.63) is 53.5 Å². The molecule has 0 atom stereocenters. The van der Waals surface area contributed by atoms with E-state index in [0.29, 0.717) is 16.0 Å². The molecule has 8 nitrogen and oxygen atoms in total. The average molecular weight is 283 g/mol. The Bertz CT molecular complexity index is 823. The smallest absolute Gasteiger partial charge is 0.335 e. The fourth-order valence-corrected chi connectivity index (χ4v) is 1.80. The summed E-state index contributed by atoms with van der Waals surface area (Å²) in [6, 6.07) is 7.56. The molecular weight excluding hydrogens is 274 g/mol. The van der Waals surface area contributed by atoms with E-state index in [1.54, 1.807) is 24.5 Å². The third-order valence-electron chi connectivity index (χ3n) is 2.76. The Labute approximate surface area is 118 Å². The third-order valence-corrected chi connectivity index (χ3v) is 2.76. The van der Waals surface area contributed by atoms with E-state index < -0.39 is 5.97 Å². The topological polar surface area (TPSA) is 115 Å². The quantitative estimate of drug-likeness (QED) is 0.546. The van der Waals surface area contributed by atoms with Gasteiger partial charge in [0, 0.05) is 12.3 Å². The monoisotopic (exact) mass is 283 g/mol. The van der Waals surface area contributed by atoms with E-state index in [1.807, 2.05) is 0 Å². The lowest BCUT2D eigenvalue weighted by Gasteiger charge is -2.05.